The van der Waals surface area contributed by atoms with Gasteiger partial charge in [-0.25, -0.2) is 4.98 Å². The van der Waals surface area contributed by atoms with Crippen molar-refractivity contribution in [1.82, 2.24) is 19.7 Å². The summed E-state index contributed by atoms with van der Waals surface area (Å²) < 4.78 is 12.1. The highest BCUT2D eigenvalue weighted by molar-refractivity contribution is 5.91. The molecule has 1 aliphatic rings. The van der Waals surface area contributed by atoms with E-state index in [1.54, 1.807) is 45.2 Å². The Morgan fingerprint density at radius 3 is 2.57 bits per heavy atom. The molecular weight excluding hydrogens is 386 g/mol. The molecule has 156 valence electrons. The average Bonchev–Trinajstić information content (AvgIpc) is 3.51. The van der Waals surface area contributed by atoms with Gasteiger partial charge in [-0.2, -0.15) is 9.78 Å². The summed E-state index contributed by atoms with van der Waals surface area (Å²) in [5.41, 5.74) is 1.78. The number of hydrogen-bond acceptors (Lipinski definition) is 6. The van der Waals surface area contributed by atoms with Crippen LogP contribution in [0.1, 0.15) is 35.7 Å². The molecule has 1 aliphatic carbocycles. The monoisotopic (exact) mass is 409 g/mol. The van der Waals surface area contributed by atoms with Gasteiger partial charge in [-0.15, -0.1) is 0 Å². The summed E-state index contributed by atoms with van der Waals surface area (Å²) in [5, 5.41) is 7.37. The highest BCUT2D eigenvalue weighted by Gasteiger charge is 2.28. The molecule has 0 bridgehead atoms. The first-order valence-corrected chi connectivity index (χ1v) is 9.69. The maximum atomic E-state index is 12.5. The molecule has 0 unspecified atom stereocenters. The van der Waals surface area contributed by atoms with Gasteiger partial charge >= 0.3 is 0 Å². The number of hydrogen-bond donors (Lipinski definition) is 2. The number of rotatable bonds is 7. The first-order valence-electron chi connectivity index (χ1n) is 9.69. The van der Waals surface area contributed by atoms with Gasteiger partial charge in [0.2, 0.25) is 5.95 Å². The number of ether oxygens (including phenoxy) is 2. The Labute approximate surface area is 173 Å². The Balaban J connectivity index is 1.53. The van der Waals surface area contributed by atoms with E-state index >= 15 is 0 Å². The standard InChI is InChI=1S/C21H23N5O4/c1-12-13(2)22-21(24-20(12)28)26-18(10-17(25-26)14-4-5-14)23-19(27)11-30-16-8-6-15(29-3)7-9-16/h6-10,14H,4-5,11H2,1-3H3,(H,23,27)(H,22,24,28). The number of aryl methyl sites for hydroxylation is 1. The van der Waals surface area contributed by atoms with Crippen LogP contribution in [0.3, 0.4) is 0 Å². The largest absolute Gasteiger partial charge is 0.497 e. The molecule has 0 atom stereocenters. The normalized spacial score (nSPS) is 13.2. The molecule has 1 saturated carbocycles. The number of nitrogens with one attached hydrogen (secondary N) is 2. The fraction of sp³-hybridized carbons (Fsp3) is 0.333. The molecular formula is C21H23N5O4. The van der Waals surface area contributed by atoms with Crippen molar-refractivity contribution in [2.75, 3.05) is 19.0 Å². The number of benzene rings is 1. The van der Waals surface area contributed by atoms with Gasteiger partial charge in [0.15, 0.2) is 6.61 Å². The van der Waals surface area contributed by atoms with Gasteiger partial charge < -0.3 is 14.8 Å². The van der Waals surface area contributed by atoms with Gasteiger partial charge in [0.05, 0.1) is 12.8 Å². The second kappa shape index (κ2) is 8.02. The topological polar surface area (TPSA) is 111 Å². The third-order valence-electron chi connectivity index (χ3n) is 5.00. The maximum absolute atomic E-state index is 12.5. The molecule has 0 radical (unpaired) electrons. The molecule has 9 nitrogen and oxygen atoms in total. The van der Waals surface area contributed by atoms with Gasteiger partial charge in [0.1, 0.15) is 17.3 Å². The van der Waals surface area contributed by atoms with Gasteiger partial charge in [-0.05, 0) is 51.0 Å². The van der Waals surface area contributed by atoms with E-state index < -0.39 is 0 Å². The van der Waals surface area contributed by atoms with Gasteiger partial charge in [-0.1, -0.05) is 0 Å². The first-order chi connectivity index (χ1) is 14.4. The zero-order chi connectivity index (χ0) is 21.3. The number of anilines is 1. The van der Waals surface area contributed by atoms with Crippen molar-refractivity contribution < 1.29 is 14.3 Å². The minimum Gasteiger partial charge on any atom is -0.497 e. The van der Waals surface area contributed by atoms with E-state index in [1.807, 2.05) is 6.07 Å². The highest BCUT2D eigenvalue weighted by atomic mass is 16.5. The number of nitrogens with zero attached hydrogens (tertiary/aromatic N) is 3. The minimum absolute atomic E-state index is 0.173. The number of H-pyrrole nitrogens is 1. The van der Waals surface area contributed by atoms with Crippen molar-refractivity contribution >= 4 is 11.7 Å². The molecule has 0 saturated heterocycles. The van der Waals surface area contributed by atoms with E-state index in [2.05, 4.69) is 20.4 Å². The minimum atomic E-state index is -0.347. The summed E-state index contributed by atoms with van der Waals surface area (Å²) in [6.07, 6.45) is 2.11. The van der Waals surface area contributed by atoms with Crippen molar-refractivity contribution in [3.63, 3.8) is 0 Å². The molecule has 9 heteroatoms. The second-order valence-corrected chi connectivity index (χ2v) is 7.25. The number of carbonyl (C=O) groups is 1. The molecule has 0 aliphatic heterocycles. The predicted octanol–water partition coefficient (Wildman–Crippen LogP) is 2.48. The average molecular weight is 409 g/mol. The zero-order valence-electron chi connectivity index (χ0n) is 17.1. The summed E-state index contributed by atoms with van der Waals surface area (Å²) in [5.74, 6) is 1.99. The van der Waals surface area contributed by atoms with Gasteiger partial charge in [0, 0.05) is 23.2 Å². The molecule has 1 amide bonds. The summed E-state index contributed by atoms with van der Waals surface area (Å²) in [6.45, 7) is 3.30. The Morgan fingerprint density at radius 1 is 1.23 bits per heavy atom. The van der Waals surface area contributed by atoms with Crippen LogP contribution in [0.2, 0.25) is 0 Å². The summed E-state index contributed by atoms with van der Waals surface area (Å²) in [6, 6.07) is 8.78. The molecule has 0 spiro atoms. The van der Waals surface area contributed by atoms with Crippen molar-refractivity contribution in [1.29, 1.82) is 0 Å². The van der Waals surface area contributed by atoms with Crippen LogP contribution in [0.15, 0.2) is 35.1 Å². The van der Waals surface area contributed by atoms with Crippen molar-refractivity contribution in [2.24, 2.45) is 0 Å². The summed E-state index contributed by atoms with van der Waals surface area (Å²) >= 11 is 0. The van der Waals surface area contributed by atoms with Crippen LogP contribution in [-0.2, 0) is 4.79 Å². The quantitative estimate of drug-likeness (QED) is 0.620. The third kappa shape index (κ3) is 4.19. The summed E-state index contributed by atoms with van der Waals surface area (Å²) in [7, 11) is 1.58. The SMILES string of the molecule is COc1ccc(OCC(=O)Nc2cc(C3CC3)nn2-c2nc(C)c(C)c(=O)[nH]2)cc1. The van der Waals surface area contributed by atoms with Crippen LogP contribution in [0.4, 0.5) is 5.82 Å². The van der Waals surface area contributed by atoms with Crippen LogP contribution in [0.25, 0.3) is 5.95 Å². The zero-order valence-corrected chi connectivity index (χ0v) is 17.1. The Kier molecular flexibility index (Phi) is 5.26. The lowest BCUT2D eigenvalue weighted by atomic mass is 10.3. The molecule has 2 aromatic heterocycles. The van der Waals surface area contributed by atoms with E-state index in [0.29, 0.717) is 34.5 Å². The van der Waals surface area contributed by atoms with Crippen LogP contribution in [-0.4, -0.2) is 39.4 Å². The lowest BCUT2D eigenvalue weighted by molar-refractivity contribution is -0.118. The van der Waals surface area contributed by atoms with E-state index in [-0.39, 0.29) is 24.0 Å². The number of amides is 1. The molecule has 30 heavy (non-hydrogen) atoms. The number of carbonyl (C=O) groups excluding carboxylic acids is 1. The molecule has 1 aromatic carbocycles. The first kappa shape index (κ1) is 19.7. The Hall–Kier alpha value is -3.62. The fourth-order valence-corrected chi connectivity index (χ4v) is 2.96. The van der Waals surface area contributed by atoms with E-state index in [1.165, 1.54) is 4.68 Å². The molecule has 4 rings (SSSR count). The van der Waals surface area contributed by atoms with Crippen molar-refractivity contribution in [3.05, 3.63) is 57.6 Å². The van der Waals surface area contributed by atoms with Gasteiger partial charge in [0.25, 0.3) is 11.5 Å². The lowest BCUT2D eigenvalue weighted by Crippen LogP contribution is -2.23. The molecule has 1 fully saturated rings. The van der Waals surface area contributed by atoms with Crippen molar-refractivity contribution in [3.8, 4) is 17.4 Å². The molecule has 3 aromatic rings. The lowest BCUT2D eigenvalue weighted by Gasteiger charge is -2.10. The van der Waals surface area contributed by atoms with Crippen LogP contribution in [0, 0.1) is 13.8 Å². The molecule has 2 N–H and O–H groups in total. The summed E-state index contributed by atoms with van der Waals surface area (Å²) in [4.78, 5) is 31.8. The number of methoxy groups -OCH3 is 1. The van der Waals surface area contributed by atoms with E-state index in [4.69, 9.17) is 9.47 Å². The van der Waals surface area contributed by atoms with Gasteiger partial charge in [-0.3, -0.25) is 14.6 Å². The maximum Gasteiger partial charge on any atom is 0.263 e. The van der Waals surface area contributed by atoms with Crippen LogP contribution in [0.5, 0.6) is 11.5 Å². The number of aromatic amines is 1. The van der Waals surface area contributed by atoms with E-state index in [9.17, 15) is 9.59 Å². The Morgan fingerprint density at radius 2 is 1.93 bits per heavy atom. The highest BCUT2D eigenvalue weighted by Crippen LogP contribution is 2.40. The van der Waals surface area contributed by atoms with E-state index in [0.717, 1.165) is 18.5 Å². The second-order valence-electron chi connectivity index (χ2n) is 7.25. The van der Waals surface area contributed by atoms with Crippen molar-refractivity contribution in [2.45, 2.75) is 32.6 Å². The third-order valence-corrected chi connectivity index (χ3v) is 5.00. The van der Waals surface area contributed by atoms with Crippen LogP contribution >= 0.6 is 0 Å². The fourth-order valence-electron chi connectivity index (χ4n) is 2.96. The number of aromatic nitrogens is 4. The predicted molar refractivity (Wildman–Crippen MR) is 111 cm³/mol. The van der Waals surface area contributed by atoms with Crippen LogP contribution < -0.4 is 20.3 Å². The Bertz CT molecular complexity index is 1130. The smallest absolute Gasteiger partial charge is 0.263 e. The molecule has 2 heterocycles.